The summed E-state index contributed by atoms with van der Waals surface area (Å²) in [7, 11) is 0. The van der Waals surface area contributed by atoms with Gasteiger partial charge in [0.1, 0.15) is 5.75 Å². The summed E-state index contributed by atoms with van der Waals surface area (Å²) >= 11 is 27.8. The van der Waals surface area contributed by atoms with E-state index in [-0.39, 0.29) is 16.3 Å². The molecule has 0 spiro atoms. The fraction of sp³-hybridized carbons (Fsp3) is 0.222. The molecule has 2 N–H and O–H groups in total. The van der Waals surface area contributed by atoms with Gasteiger partial charge >= 0.3 is 0 Å². The lowest BCUT2D eigenvalue weighted by molar-refractivity contribution is 0.0946. The highest BCUT2D eigenvalue weighted by atomic mass is 35.6. The van der Waals surface area contributed by atoms with Gasteiger partial charge < -0.3 is 10.4 Å². The fourth-order valence-electron chi connectivity index (χ4n) is 0.965. The Balaban J connectivity index is 2.87. The summed E-state index contributed by atoms with van der Waals surface area (Å²) in [5, 5.41) is 12.0. The van der Waals surface area contributed by atoms with Crippen LogP contribution >= 0.6 is 58.0 Å². The lowest BCUT2D eigenvalue weighted by Gasteiger charge is -2.19. The van der Waals surface area contributed by atoms with Crippen molar-refractivity contribution in [2.45, 2.75) is 9.29 Å². The first-order chi connectivity index (χ1) is 7.71. The molecular formula is C9H6Cl5NO2. The summed E-state index contributed by atoms with van der Waals surface area (Å²) in [4.78, 5) is 11.7. The number of carbonyl (C=O) groups excluding carboxylic acids is 1. The topological polar surface area (TPSA) is 49.3 Å². The van der Waals surface area contributed by atoms with Crippen LogP contribution in [0.5, 0.6) is 5.75 Å². The predicted molar refractivity (Wildman–Crippen MR) is 70.5 cm³/mol. The van der Waals surface area contributed by atoms with Crippen molar-refractivity contribution in [3.63, 3.8) is 0 Å². The first-order valence-electron chi connectivity index (χ1n) is 4.22. The van der Waals surface area contributed by atoms with E-state index >= 15 is 0 Å². The quantitative estimate of drug-likeness (QED) is 0.638. The third-order valence-electron chi connectivity index (χ3n) is 1.75. The first kappa shape index (κ1) is 15.0. The Bertz CT molecular complexity index is 432. The van der Waals surface area contributed by atoms with Gasteiger partial charge in [-0.05, 0) is 18.2 Å². The second kappa shape index (κ2) is 5.72. The van der Waals surface area contributed by atoms with E-state index in [1.165, 1.54) is 18.2 Å². The van der Waals surface area contributed by atoms with Crippen molar-refractivity contribution >= 4 is 63.9 Å². The van der Waals surface area contributed by atoms with Crippen LogP contribution in [0.3, 0.4) is 0 Å². The van der Waals surface area contributed by atoms with E-state index in [9.17, 15) is 9.90 Å². The molecule has 1 unspecified atom stereocenters. The van der Waals surface area contributed by atoms with Crippen LogP contribution in [-0.4, -0.2) is 20.3 Å². The molecule has 1 aromatic carbocycles. The van der Waals surface area contributed by atoms with Crippen LogP contribution < -0.4 is 5.32 Å². The molecule has 8 heteroatoms. The van der Waals surface area contributed by atoms with Gasteiger partial charge in [0.05, 0.1) is 5.56 Å². The number of benzene rings is 1. The van der Waals surface area contributed by atoms with E-state index in [0.717, 1.165) is 0 Å². The lowest BCUT2D eigenvalue weighted by Crippen LogP contribution is -2.39. The Kier molecular flexibility index (Phi) is 5.05. The van der Waals surface area contributed by atoms with E-state index < -0.39 is 15.2 Å². The summed E-state index contributed by atoms with van der Waals surface area (Å²) in [6.45, 7) is 0. The monoisotopic (exact) mass is 335 g/mol. The van der Waals surface area contributed by atoms with E-state index in [0.29, 0.717) is 0 Å². The molecule has 0 bridgehead atoms. The molecule has 1 atom stereocenters. The average molecular weight is 337 g/mol. The maximum absolute atomic E-state index is 11.7. The van der Waals surface area contributed by atoms with Gasteiger partial charge in [-0.1, -0.05) is 58.0 Å². The largest absolute Gasteiger partial charge is 0.507 e. The Morgan fingerprint density at radius 1 is 1.35 bits per heavy atom. The highest BCUT2D eigenvalue weighted by Crippen LogP contribution is 2.32. The molecule has 17 heavy (non-hydrogen) atoms. The molecule has 0 saturated carbocycles. The summed E-state index contributed by atoms with van der Waals surface area (Å²) in [6, 6.07) is 3.98. The van der Waals surface area contributed by atoms with Crippen molar-refractivity contribution in [1.82, 2.24) is 5.32 Å². The zero-order chi connectivity index (χ0) is 13.2. The Morgan fingerprint density at radius 2 is 1.94 bits per heavy atom. The van der Waals surface area contributed by atoms with Crippen LogP contribution in [0.2, 0.25) is 5.02 Å². The normalized spacial score (nSPS) is 13.2. The van der Waals surface area contributed by atoms with E-state index in [2.05, 4.69) is 5.32 Å². The molecule has 3 nitrogen and oxygen atoms in total. The Labute approximate surface area is 123 Å². The standard InChI is InChI=1S/C9H6Cl5NO2/c10-4-1-2-6(16)5(3-4)7(17)15-8(11)9(12,13)14/h1-3,8,16H,(H,15,17). The molecule has 1 amide bonds. The molecule has 94 valence electrons. The van der Waals surface area contributed by atoms with Gasteiger partial charge in [0, 0.05) is 5.02 Å². The fourth-order valence-corrected chi connectivity index (χ4v) is 1.40. The minimum atomic E-state index is -1.86. The number of carbonyl (C=O) groups is 1. The number of phenolic OH excluding ortho intramolecular Hbond substituents is 1. The summed E-state index contributed by atoms with van der Waals surface area (Å²) in [5.74, 6) is -0.948. The van der Waals surface area contributed by atoms with E-state index in [1.54, 1.807) is 0 Å². The maximum Gasteiger partial charge on any atom is 0.256 e. The lowest BCUT2D eigenvalue weighted by atomic mass is 10.2. The molecule has 0 saturated heterocycles. The summed E-state index contributed by atoms with van der Waals surface area (Å²) < 4.78 is -1.86. The molecule has 1 rings (SSSR count). The average Bonchev–Trinajstić information content (AvgIpc) is 2.20. The molecule has 0 aliphatic rings. The SMILES string of the molecule is O=C(NC(Cl)C(Cl)(Cl)Cl)c1cc(Cl)ccc1O. The summed E-state index contributed by atoms with van der Waals surface area (Å²) in [6.07, 6.45) is 0. The number of hydrogen-bond donors (Lipinski definition) is 2. The Morgan fingerprint density at radius 3 is 2.47 bits per heavy atom. The molecular weight excluding hydrogens is 331 g/mol. The maximum atomic E-state index is 11.7. The van der Waals surface area contributed by atoms with Gasteiger partial charge in [0.15, 0.2) is 5.50 Å². The van der Waals surface area contributed by atoms with Crippen molar-refractivity contribution in [3.8, 4) is 5.75 Å². The number of nitrogens with one attached hydrogen (secondary N) is 1. The predicted octanol–water partition coefficient (Wildman–Crippen LogP) is 3.71. The number of halogens is 5. The summed E-state index contributed by atoms with van der Waals surface area (Å²) in [5.41, 5.74) is -1.30. The van der Waals surface area contributed by atoms with Crippen LogP contribution in [0.4, 0.5) is 0 Å². The van der Waals surface area contributed by atoms with Gasteiger partial charge in [0.2, 0.25) is 3.79 Å². The van der Waals surface area contributed by atoms with Crippen LogP contribution in [0, 0.1) is 0 Å². The third kappa shape index (κ3) is 4.27. The zero-order valence-corrected chi connectivity index (χ0v) is 11.8. The number of hydrogen-bond acceptors (Lipinski definition) is 2. The first-order valence-corrected chi connectivity index (χ1v) is 6.17. The van der Waals surface area contributed by atoms with Gasteiger partial charge in [-0.25, -0.2) is 0 Å². The smallest absolute Gasteiger partial charge is 0.256 e. The van der Waals surface area contributed by atoms with Crippen molar-refractivity contribution < 1.29 is 9.90 Å². The molecule has 1 aromatic rings. The van der Waals surface area contributed by atoms with Gasteiger partial charge in [0.25, 0.3) is 5.91 Å². The molecule has 0 radical (unpaired) electrons. The minimum Gasteiger partial charge on any atom is -0.507 e. The van der Waals surface area contributed by atoms with Crippen LogP contribution in [0.25, 0.3) is 0 Å². The molecule has 0 aliphatic carbocycles. The van der Waals surface area contributed by atoms with Crippen molar-refractivity contribution in [2.75, 3.05) is 0 Å². The molecule has 0 aliphatic heterocycles. The second-order valence-electron chi connectivity index (χ2n) is 3.04. The number of amides is 1. The van der Waals surface area contributed by atoms with Gasteiger partial charge in [-0.3, -0.25) is 4.79 Å². The number of phenols is 1. The van der Waals surface area contributed by atoms with E-state index in [1.807, 2.05) is 0 Å². The third-order valence-corrected chi connectivity index (χ3v) is 3.41. The van der Waals surface area contributed by atoms with E-state index in [4.69, 9.17) is 58.0 Å². The molecule has 0 aromatic heterocycles. The highest BCUT2D eigenvalue weighted by Gasteiger charge is 2.32. The van der Waals surface area contributed by atoms with Gasteiger partial charge in [-0.15, -0.1) is 0 Å². The van der Waals surface area contributed by atoms with Crippen LogP contribution in [-0.2, 0) is 0 Å². The number of alkyl halides is 4. The van der Waals surface area contributed by atoms with Crippen molar-refractivity contribution in [2.24, 2.45) is 0 Å². The zero-order valence-electron chi connectivity index (χ0n) is 8.05. The van der Waals surface area contributed by atoms with Crippen LogP contribution in [0.15, 0.2) is 18.2 Å². The highest BCUT2D eigenvalue weighted by molar-refractivity contribution is 6.70. The van der Waals surface area contributed by atoms with Crippen LogP contribution in [0.1, 0.15) is 10.4 Å². The van der Waals surface area contributed by atoms with Crippen molar-refractivity contribution in [3.05, 3.63) is 28.8 Å². The number of aromatic hydroxyl groups is 1. The molecule has 0 heterocycles. The second-order valence-corrected chi connectivity index (χ2v) is 6.28. The Hall–Kier alpha value is -0.0600. The number of rotatable bonds is 2. The van der Waals surface area contributed by atoms with Gasteiger partial charge in [-0.2, -0.15) is 0 Å². The van der Waals surface area contributed by atoms with Crippen molar-refractivity contribution in [1.29, 1.82) is 0 Å². The molecule has 0 fully saturated rings. The minimum absolute atomic E-state index is 0.0580.